The fourth-order valence-electron chi connectivity index (χ4n) is 2.75. The van der Waals surface area contributed by atoms with Crippen LogP contribution in [0, 0.1) is 32.1 Å². The predicted molar refractivity (Wildman–Crippen MR) is 72.7 cm³/mol. The molecule has 0 bridgehead atoms. The number of hydrogen-bond donors (Lipinski definition) is 0. The molecule has 2 rings (SSSR count). The van der Waals surface area contributed by atoms with Crippen LogP contribution in [-0.2, 0) is 0 Å². The number of hydrogen-bond acceptors (Lipinski definition) is 6. The fraction of sp³-hybridized carbons (Fsp3) is 0.583. The van der Waals surface area contributed by atoms with Crippen LogP contribution in [0.25, 0.3) is 0 Å². The van der Waals surface area contributed by atoms with Gasteiger partial charge in [-0.15, -0.1) is 0 Å². The molecular formula is C12H16N4O4. The average Bonchev–Trinajstić information content (AvgIpc) is 2.36. The molecule has 2 heterocycles. The molecule has 1 aliphatic rings. The summed E-state index contributed by atoms with van der Waals surface area (Å²) in [6.45, 7) is 5.52. The number of rotatable bonds is 3. The Hall–Kier alpha value is -2.25. The summed E-state index contributed by atoms with van der Waals surface area (Å²) >= 11 is 0. The van der Waals surface area contributed by atoms with Crippen molar-refractivity contribution in [2.24, 2.45) is 11.8 Å². The van der Waals surface area contributed by atoms with Gasteiger partial charge in [0.15, 0.2) is 0 Å². The van der Waals surface area contributed by atoms with Crippen LogP contribution in [-0.4, -0.2) is 27.9 Å². The average molecular weight is 280 g/mol. The van der Waals surface area contributed by atoms with Crippen LogP contribution in [0.5, 0.6) is 0 Å². The van der Waals surface area contributed by atoms with Crippen molar-refractivity contribution >= 4 is 17.2 Å². The van der Waals surface area contributed by atoms with Gasteiger partial charge in [-0.1, -0.05) is 13.8 Å². The van der Waals surface area contributed by atoms with E-state index in [1.807, 2.05) is 4.90 Å². The van der Waals surface area contributed by atoms with Crippen molar-refractivity contribution in [3.63, 3.8) is 0 Å². The SMILES string of the molecule is CC1CC(C)CN(c2ncc([N+](=O)[O-])cc2[N+](=O)[O-])C1. The second-order valence-corrected chi connectivity index (χ2v) is 5.40. The Balaban J connectivity index is 2.40. The van der Waals surface area contributed by atoms with Crippen molar-refractivity contribution in [1.82, 2.24) is 4.98 Å². The minimum absolute atomic E-state index is 0.221. The molecule has 2 unspecified atom stereocenters. The summed E-state index contributed by atoms with van der Waals surface area (Å²) in [4.78, 5) is 26.3. The van der Waals surface area contributed by atoms with Crippen molar-refractivity contribution in [3.8, 4) is 0 Å². The Bertz CT molecular complexity index is 538. The Labute approximate surface area is 115 Å². The van der Waals surface area contributed by atoms with E-state index in [9.17, 15) is 20.2 Å². The first-order chi connectivity index (χ1) is 9.38. The number of piperidine rings is 1. The second kappa shape index (κ2) is 5.40. The summed E-state index contributed by atoms with van der Waals surface area (Å²) < 4.78 is 0. The topological polar surface area (TPSA) is 102 Å². The molecule has 0 saturated carbocycles. The summed E-state index contributed by atoms with van der Waals surface area (Å²) in [7, 11) is 0. The predicted octanol–water partition coefficient (Wildman–Crippen LogP) is 2.38. The molecule has 0 aromatic carbocycles. The lowest BCUT2D eigenvalue weighted by atomic mass is 9.92. The smallest absolute Gasteiger partial charge is 0.318 e. The Kier molecular flexibility index (Phi) is 3.82. The first-order valence-corrected chi connectivity index (χ1v) is 6.42. The maximum Gasteiger partial charge on any atom is 0.318 e. The molecule has 0 radical (unpaired) electrons. The van der Waals surface area contributed by atoms with Gasteiger partial charge in [-0.2, -0.15) is 0 Å². The minimum Gasteiger partial charge on any atom is -0.350 e. The van der Waals surface area contributed by atoms with Crippen molar-refractivity contribution in [1.29, 1.82) is 0 Å². The molecule has 2 atom stereocenters. The molecule has 1 aromatic rings. The largest absolute Gasteiger partial charge is 0.350 e. The van der Waals surface area contributed by atoms with E-state index < -0.39 is 9.85 Å². The number of anilines is 1. The van der Waals surface area contributed by atoms with E-state index in [4.69, 9.17) is 0 Å². The Morgan fingerprint density at radius 3 is 2.30 bits per heavy atom. The van der Waals surface area contributed by atoms with E-state index in [1.165, 1.54) is 0 Å². The van der Waals surface area contributed by atoms with E-state index in [1.54, 1.807) is 0 Å². The lowest BCUT2D eigenvalue weighted by Gasteiger charge is -2.35. The highest BCUT2D eigenvalue weighted by atomic mass is 16.6. The summed E-state index contributed by atoms with van der Waals surface area (Å²) in [5.41, 5.74) is -0.668. The molecule has 8 heteroatoms. The van der Waals surface area contributed by atoms with E-state index >= 15 is 0 Å². The lowest BCUT2D eigenvalue weighted by Crippen LogP contribution is -2.39. The van der Waals surface area contributed by atoms with Crippen molar-refractivity contribution in [2.45, 2.75) is 20.3 Å². The summed E-state index contributed by atoms with van der Waals surface area (Å²) in [6.07, 6.45) is 2.14. The van der Waals surface area contributed by atoms with Crippen molar-refractivity contribution in [3.05, 3.63) is 32.5 Å². The van der Waals surface area contributed by atoms with Gasteiger partial charge in [0.05, 0.1) is 15.9 Å². The fourth-order valence-corrected chi connectivity index (χ4v) is 2.75. The summed E-state index contributed by atoms with van der Waals surface area (Å²) in [5.74, 6) is 1.05. The van der Waals surface area contributed by atoms with Gasteiger partial charge in [0.1, 0.15) is 6.20 Å². The zero-order valence-corrected chi connectivity index (χ0v) is 11.4. The maximum atomic E-state index is 11.1. The van der Waals surface area contributed by atoms with Gasteiger partial charge >= 0.3 is 5.69 Å². The lowest BCUT2D eigenvalue weighted by molar-refractivity contribution is -0.394. The molecule has 0 aliphatic carbocycles. The van der Waals surface area contributed by atoms with Gasteiger partial charge in [-0.05, 0) is 18.3 Å². The molecule has 1 saturated heterocycles. The first kappa shape index (κ1) is 14.2. The van der Waals surface area contributed by atoms with Crippen LogP contribution in [0.1, 0.15) is 20.3 Å². The quantitative estimate of drug-likeness (QED) is 0.622. The van der Waals surface area contributed by atoms with Gasteiger partial charge in [0.2, 0.25) is 5.82 Å². The molecule has 1 fully saturated rings. The molecule has 0 spiro atoms. The molecule has 0 N–H and O–H groups in total. The van der Waals surface area contributed by atoms with E-state index in [2.05, 4.69) is 18.8 Å². The third-order valence-corrected chi connectivity index (χ3v) is 3.41. The molecule has 1 aromatic heterocycles. The molecular weight excluding hydrogens is 264 g/mol. The molecule has 108 valence electrons. The van der Waals surface area contributed by atoms with Gasteiger partial charge in [0, 0.05) is 13.1 Å². The zero-order valence-electron chi connectivity index (χ0n) is 11.4. The summed E-state index contributed by atoms with van der Waals surface area (Å²) in [5, 5.41) is 21.8. The molecule has 0 amide bonds. The minimum atomic E-state index is -0.675. The van der Waals surface area contributed by atoms with Gasteiger partial charge in [0.25, 0.3) is 5.69 Å². The van der Waals surface area contributed by atoms with Gasteiger partial charge in [-0.3, -0.25) is 20.2 Å². The number of nitro groups is 2. The highest BCUT2D eigenvalue weighted by Crippen LogP contribution is 2.33. The molecule has 1 aliphatic heterocycles. The summed E-state index contributed by atoms with van der Waals surface area (Å²) in [6, 6.07) is 0.978. The standard InChI is InChI=1S/C12H16N4O4/c1-8-3-9(2)7-14(6-8)12-11(16(19)20)4-10(5-13-12)15(17)18/h4-5,8-9H,3,6-7H2,1-2H3. The van der Waals surface area contributed by atoms with E-state index in [0.717, 1.165) is 18.7 Å². The molecule has 20 heavy (non-hydrogen) atoms. The van der Waals surface area contributed by atoms with Gasteiger partial charge < -0.3 is 4.90 Å². The van der Waals surface area contributed by atoms with Crippen molar-refractivity contribution < 1.29 is 9.85 Å². The van der Waals surface area contributed by atoms with Gasteiger partial charge in [-0.25, -0.2) is 4.98 Å². The Morgan fingerprint density at radius 1 is 1.20 bits per heavy atom. The monoisotopic (exact) mass is 280 g/mol. The van der Waals surface area contributed by atoms with Crippen LogP contribution < -0.4 is 4.90 Å². The van der Waals surface area contributed by atoms with Crippen LogP contribution >= 0.6 is 0 Å². The van der Waals surface area contributed by atoms with Crippen LogP contribution in [0.4, 0.5) is 17.2 Å². The maximum absolute atomic E-state index is 11.1. The van der Waals surface area contributed by atoms with Crippen LogP contribution in [0.3, 0.4) is 0 Å². The van der Waals surface area contributed by atoms with E-state index in [0.29, 0.717) is 24.9 Å². The first-order valence-electron chi connectivity index (χ1n) is 6.42. The van der Waals surface area contributed by atoms with E-state index in [-0.39, 0.29) is 17.2 Å². The zero-order chi connectivity index (χ0) is 14.9. The third kappa shape index (κ3) is 2.84. The second-order valence-electron chi connectivity index (χ2n) is 5.40. The normalized spacial score (nSPS) is 22.6. The Morgan fingerprint density at radius 2 is 1.80 bits per heavy atom. The highest BCUT2D eigenvalue weighted by Gasteiger charge is 2.29. The highest BCUT2D eigenvalue weighted by molar-refractivity contribution is 5.61. The van der Waals surface area contributed by atoms with Crippen LogP contribution in [0.2, 0.25) is 0 Å². The number of pyridine rings is 1. The number of aromatic nitrogens is 1. The molecule has 8 nitrogen and oxygen atoms in total. The van der Waals surface area contributed by atoms with Crippen molar-refractivity contribution in [2.75, 3.05) is 18.0 Å². The third-order valence-electron chi connectivity index (χ3n) is 3.41. The number of nitrogens with zero attached hydrogens (tertiary/aromatic N) is 4. The van der Waals surface area contributed by atoms with Crippen LogP contribution in [0.15, 0.2) is 12.3 Å².